The zero-order valence-corrected chi connectivity index (χ0v) is 18.6. The molecule has 3 aromatic rings. The number of anilines is 1. The molecule has 0 radical (unpaired) electrons. The summed E-state index contributed by atoms with van der Waals surface area (Å²) in [5, 5.41) is 12.0. The Morgan fingerprint density at radius 2 is 1.73 bits per heavy atom. The molecule has 2 heterocycles. The van der Waals surface area contributed by atoms with E-state index in [9.17, 15) is 14.5 Å². The van der Waals surface area contributed by atoms with Gasteiger partial charge in [0, 0.05) is 24.4 Å². The summed E-state index contributed by atoms with van der Waals surface area (Å²) in [6.07, 6.45) is 7.47. The fourth-order valence-electron chi connectivity index (χ4n) is 4.89. The quantitative estimate of drug-likeness (QED) is 0.266. The second-order valence-corrected chi connectivity index (χ2v) is 8.93. The maximum absolute atomic E-state index is 13.2. The van der Waals surface area contributed by atoms with Crippen molar-refractivity contribution in [1.82, 2.24) is 0 Å². The molecule has 0 amide bonds. The maximum atomic E-state index is 13.2. The van der Waals surface area contributed by atoms with Crippen molar-refractivity contribution in [2.45, 2.75) is 25.0 Å². The van der Waals surface area contributed by atoms with Crippen molar-refractivity contribution in [2.24, 2.45) is 0 Å². The van der Waals surface area contributed by atoms with E-state index >= 15 is 0 Å². The predicted molar refractivity (Wildman–Crippen MR) is 129 cm³/mol. The van der Waals surface area contributed by atoms with Crippen LogP contribution in [0.3, 0.4) is 0 Å². The minimum absolute atomic E-state index is 0.0878. The molecule has 1 spiro atoms. The number of halogens is 1. The number of nitro groups is 1. The molecule has 5 nitrogen and oxygen atoms in total. The Kier molecular flexibility index (Phi) is 4.64. The molecule has 6 heteroatoms. The van der Waals surface area contributed by atoms with Crippen molar-refractivity contribution in [3.63, 3.8) is 0 Å². The summed E-state index contributed by atoms with van der Waals surface area (Å²) >= 11 is 0. The lowest BCUT2D eigenvalue weighted by atomic mass is 9.76. The third-order valence-corrected chi connectivity index (χ3v) is 6.73. The highest BCUT2D eigenvalue weighted by Gasteiger charge is 2.58. The molecule has 0 aliphatic carbocycles. The van der Waals surface area contributed by atoms with Gasteiger partial charge >= 0.3 is 5.69 Å². The Bertz CT molecular complexity index is 1330. The molecule has 0 N–H and O–H groups in total. The van der Waals surface area contributed by atoms with Gasteiger partial charge in [-0.25, -0.2) is 4.39 Å². The monoisotopic (exact) mass is 442 g/mol. The lowest BCUT2D eigenvalue weighted by Crippen LogP contribution is -2.58. The number of ether oxygens (including phenoxy) is 1. The highest BCUT2D eigenvalue weighted by molar-refractivity contribution is 5.79. The predicted octanol–water partition coefficient (Wildman–Crippen LogP) is 6.43. The first-order chi connectivity index (χ1) is 15.7. The summed E-state index contributed by atoms with van der Waals surface area (Å²) < 4.78 is 19.7. The topological polar surface area (TPSA) is 55.6 Å². The molecule has 0 saturated carbocycles. The number of benzene rings is 3. The van der Waals surface area contributed by atoms with Crippen LogP contribution < -0.4 is 9.64 Å². The molecule has 3 aromatic carbocycles. The molecule has 0 saturated heterocycles. The van der Waals surface area contributed by atoms with E-state index in [1.165, 1.54) is 18.2 Å². The van der Waals surface area contributed by atoms with Gasteiger partial charge in [-0.15, -0.1) is 0 Å². The summed E-state index contributed by atoms with van der Waals surface area (Å²) in [5.41, 5.74) is 2.86. The van der Waals surface area contributed by atoms with Crippen LogP contribution in [0.5, 0.6) is 5.75 Å². The molecule has 5 rings (SSSR count). The zero-order chi connectivity index (χ0) is 23.4. The van der Waals surface area contributed by atoms with Gasteiger partial charge in [-0.05, 0) is 67.0 Å². The second-order valence-electron chi connectivity index (χ2n) is 8.93. The summed E-state index contributed by atoms with van der Waals surface area (Å²) in [6.45, 7) is 4.19. The molecule has 0 fully saturated rings. The summed E-state index contributed by atoms with van der Waals surface area (Å²) in [4.78, 5) is 13.7. The molecule has 2 aliphatic rings. The highest BCUT2D eigenvalue weighted by Crippen LogP contribution is 2.55. The Morgan fingerprint density at radius 1 is 1.03 bits per heavy atom. The van der Waals surface area contributed by atoms with Crippen LogP contribution in [0.4, 0.5) is 15.8 Å². The third-order valence-electron chi connectivity index (χ3n) is 6.73. The number of hydrogen-bond donors (Lipinski definition) is 0. The van der Waals surface area contributed by atoms with E-state index in [2.05, 4.69) is 19.9 Å². The van der Waals surface area contributed by atoms with Gasteiger partial charge < -0.3 is 9.64 Å². The van der Waals surface area contributed by atoms with E-state index in [1.807, 2.05) is 48.4 Å². The molecule has 2 aliphatic heterocycles. The lowest BCUT2D eigenvalue weighted by molar-refractivity contribution is -0.386. The number of para-hydroxylation sites is 1. The van der Waals surface area contributed by atoms with Crippen LogP contribution >= 0.6 is 0 Å². The number of rotatable bonds is 3. The minimum atomic E-state index is -0.889. The van der Waals surface area contributed by atoms with Crippen molar-refractivity contribution >= 4 is 29.6 Å². The largest absolute Gasteiger partial charge is 0.456 e. The molecule has 1 unspecified atom stereocenters. The Hall–Kier alpha value is -3.93. The number of nitrogens with zero attached hydrogens (tertiary/aromatic N) is 2. The van der Waals surface area contributed by atoms with Gasteiger partial charge in [0.05, 0.1) is 10.3 Å². The van der Waals surface area contributed by atoms with Crippen LogP contribution in [0.15, 0.2) is 66.7 Å². The van der Waals surface area contributed by atoms with Gasteiger partial charge in [0.1, 0.15) is 5.82 Å². The second kappa shape index (κ2) is 7.30. The van der Waals surface area contributed by atoms with Crippen molar-refractivity contribution in [1.29, 1.82) is 0 Å². The molecular formula is C27H23FN2O3. The molecule has 166 valence electrons. The van der Waals surface area contributed by atoms with E-state index in [0.717, 1.165) is 16.8 Å². The fraction of sp³-hybridized carbons (Fsp3) is 0.185. The maximum Gasteiger partial charge on any atom is 0.312 e. The first-order valence-electron chi connectivity index (χ1n) is 10.7. The summed E-state index contributed by atoms with van der Waals surface area (Å²) in [5.74, 6) is -0.0519. The standard InChI is InChI=1S/C27H23FN2O3/c1-26(2)22-6-4-5-7-23(22)29(3)27(26)15-14-20-16-19(17-24(30(31)32)25(20)33-27)9-8-18-10-12-21(28)13-11-18/h4-17H,1-3H3/b9-8+. The Labute approximate surface area is 191 Å². The average Bonchev–Trinajstić information content (AvgIpc) is 2.96. The molecule has 0 bridgehead atoms. The van der Waals surface area contributed by atoms with Gasteiger partial charge in [0.2, 0.25) is 11.5 Å². The SMILES string of the molecule is CN1c2ccccc2C(C)(C)C12C=Cc1cc(/C=C/c3ccc(F)cc3)cc([N+](=O)[O-])c1O2. The van der Waals surface area contributed by atoms with Crippen molar-refractivity contribution in [2.75, 3.05) is 11.9 Å². The van der Waals surface area contributed by atoms with Crippen molar-refractivity contribution in [3.05, 3.63) is 105 Å². The van der Waals surface area contributed by atoms with E-state index in [-0.39, 0.29) is 17.3 Å². The zero-order valence-electron chi connectivity index (χ0n) is 18.6. The summed E-state index contributed by atoms with van der Waals surface area (Å²) in [7, 11) is 1.95. The third kappa shape index (κ3) is 3.13. The fourth-order valence-corrected chi connectivity index (χ4v) is 4.89. The average molecular weight is 442 g/mol. The normalized spacial score (nSPS) is 20.1. The van der Waals surface area contributed by atoms with Crippen LogP contribution in [0, 0.1) is 15.9 Å². The number of nitro benzene ring substituents is 1. The lowest BCUT2D eigenvalue weighted by Gasteiger charge is -2.45. The summed E-state index contributed by atoms with van der Waals surface area (Å²) in [6, 6.07) is 17.5. The first kappa shape index (κ1) is 20.9. The minimum Gasteiger partial charge on any atom is -0.456 e. The van der Waals surface area contributed by atoms with Crippen LogP contribution in [-0.2, 0) is 5.41 Å². The van der Waals surface area contributed by atoms with E-state index in [0.29, 0.717) is 11.1 Å². The number of fused-ring (bicyclic) bond motifs is 2. The number of likely N-dealkylation sites (N-methyl/N-ethyl adjacent to an activating group) is 1. The van der Waals surface area contributed by atoms with Crippen molar-refractivity contribution < 1.29 is 14.1 Å². The molecule has 33 heavy (non-hydrogen) atoms. The van der Waals surface area contributed by atoms with Crippen LogP contribution in [0.2, 0.25) is 0 Å². The van der Waals surface area contributed by atoms with E-state index < -0.39 is 16.1 Å². The van der Waals surface area contributed by atoms with Gasteiger partial charge in [0.25, 0.3) is 0 Å². The highest BCUT2D eigenvalue weighted by atomic mass is 19.1. The van der Waals surface area contributed by atoms with E-state index in [1.54, 1.807) is 24.3 Å². The van der Waals surface area contributed by atoms with Crippen LogP contribution in [0.25, 0.3) is 18.2 Å². The van der Waals surface area contributed by atoms with Gasteiger partial charge in [0.15, 0.2) is 0 Å². The Balaban J connectivity index is 1.57. The van der Waals surface area contributed by atoms with E-state index in [4.69, 9.17) is 4.74 Å². The number of hydrogen-bond acceptors (Lipinski definition) is 4. The van der Waals surface area contributed by atoms with Gasteiger partial charge in [-0.3, -0.25) is 10.1 Å². The molecule has 0 aromatic heterocycles. The smallest absolute Gasteiger partial charge is 0.312 e. The van der Waals surface area contributed by atoms with Gasteiger partial charge in [-0.1, -0.05) is 42.5 Å². The first-order valence-corrected chi connectivity index (χ1v) is 10.7. The van der Waals surface area contributed by atoms with Crippen molar-refractivity contribution in [3.8, 4) is 5.75 Å². The molecule has 1 atom stereocenters. The van der Waals surface area contributed by atoms with Crippen LogP contribution in [0.1, 0.15) is 36.1 Å². The molecular weight excluding hydrogens is 419 g/mol. The van der Waals surface area contributed by atoms with Gasteiger partial charge in [-0.2, -0.15) is 0 Å². The van der Waals surface area contributed by atoms with Crippen LogP contribution in [-0.4, -0.2) is 17.7 Å². The Morgan fingerprint density at radius 3 is 2.42 bits per heavy atom.